The van der Waals surface area contributed by atoms with Crippen LogP contribution in [0.2, 0.25) is 0 Å². The third kappa shape index (κ3) is 4.19. The predicted octanol–water partition coefficient (Wildman–Crippen LogP) is 2.39. The lowest BCUT2D eigenvalue weighted by Gasteiger charge is -2.29. The van der Waals surface area contributed by atoms with Gasteiger partial charge in [0.1, 0.15) is 0 Å². The fourth-order valence-corrected chi connectivity index (χ4v) is 3.37. The highest BCUT2D eigenvalue weighted by Gasteiger charge is 2.31. The van der Waals surface area contributed by atoms with Gasteiger partial charge in [-0.15, -0.1) is 0 Å². The number of hydrogen-bond donors (Lipinski definition) is 2. The Morgan fingerprint density at radius 3 is 3.00 bits per heavy atom. The van der Waals surface area contributed by atoms with Crippen LogP contribution < -0.4 is 10.2 Å². The van der Waals surface area contributed by atoms with Crippen molar-refractivity contribution in [1.82, 2.24) is 5.32 Å². The van der Waals surface area contributed by atoms with Gasteiger partial charge in [0.2, 0.25) is 0 Å². The quantitative estimate of drug-likeness (QED) is 0.736. The first kappa shape index (κ1) is 16.7. The standard InChI is InChI=1S/C16H25BrN2O2/c1-12-5-7-19(16(12)11-20)15-4-3-14(17)9-13(15)10-18-6-8-21-2/h3-4,9,12,16,18,20H,5-8,10-11H2,1-2H3. The zero-order valence-corrected chi connectivity index (χ0v) is 14.4. The number of ether oxygens (including phenoxy) is 1. The second-order valence-corrected chi connectivity index (χ2v) is 6.57. The summed E-state index contributed by atoms with van der Waals surface area (Å²) >= 11 is 3.55. The normalized spacial score (nSPS) is 22.0. The average Bonchev–Trinajstić information content (AvgIpc) is 2.84. The van der Waals surface area contributed by atoms with Crippen molar-refractivity contribution in [1.29, 1.82) is 0 Å². The Labute approximate surface area is 135 Å². The minimum absolute atomic E-state index is 0.216. The monoisotopic (exact) mass is 356 g/mol. The SMILES string of the molecule is COCCNCc1cc(Br)ccc1N1CCC(C)C1CO. The summed E-state index contributed by atoms with van der Waals surface area (Å²) in [5.41, 5.74) is 2.49. The Hall–Kier alpha value is -0.620. The van der Waals surface area contributed by atoms with Crippen LogP contribution in [-0.2, 0) is 11.3 Å². The highest BCUT2D eigenvalue weighted by atomic mass is 79.9. The maximum Gasteiger partial charge on any atom is 0.0637 e. The van der Waals surface area contributed by atoms with Crippen LogP contribution in [-0.4, -0.2) is 44.6 Å². The largest absolute Gasteiger partial charge is 0.394 e. The van der Waals surface area contributed by atoms with E-state index in [9.17, 15) is 5.11 Å². The van der Waals surface area contributed by atoms with Gasteiger partial charge >= 0.3 is 0 Å². The maximum absolute atomic E-state index is 9.68. The van der Waals surface area contributed by atoms with Gasteiger partial charge in [-0.3, -0.25) is 0 Å². The molecule has 4 nitrogen and oxygen atoms in total. The molecule has 21 heavy (non-hydrogen) atoms. The topological polar surface area (TPSA) is 44.7 Å². The number of aliphatic hydroxyl groups is 1. The maximum atomic E-state index is 9.68. The third-order valence-corrected chi connectivity index (χ3v) is 4.71. The van der Waals surface area contributed by atoms with Crippen molar-refractivity contribution in [3.63, 3.8) is 0 Å². The lowest BCUT2D eigenvalue weighted by Crippen LogP contribution is -2.36. The van der Waals surface area contributed by atoms with E-state index in [4.69, 9.17) is 4.74 Å². The smallest absolute Gasteiger partial charge is 0.0637 e. The van der Waals surface area contributed by atoms with E-state index in [2.05, 4.69) is 51.3 Å². The van der Waals surface area contributed by atoms with Crippen molar-refractivity contribution in [3.05, 3.63) is 28.2 Å². The molecule has 0 aliphatic carbocycles. The van der Waals surface area contributed by atoms with Crippen LogP contribution in [0.5, 0.6) is 0 Å². The van der Waals surface area contributed by atoms with Gasteiger partial charge in [0.15, 0.2) is 0 Å². The second kappa shape index (κ2) is 8.13. The molecule has 1 heterocycles. The van der Waals surface area contributed by atoms with E-state index in [1.165, 1.54) is 11.3 Å². The first-order valence-electron chi connectivity index (χ1n) is 7.53. The Morgan fingerprint density at radius 1 is 1.48 bits per heavy atom. The molecule has 0 radical (unpaired) electrons. The van der Waals surface area contributed by atoms with E-state index < -0.39 is 0 Å². The molecule has 0 saturated carbocycles. The number of benzene rings is 1. The molecule has 0 amide bonds. The van der Waals surface area contributed by atoms with Crippen LogP contribution in [0.4, 0.5) is 5.69 Å². The summed E-state index contributed by atoms with van der Waals surface area (Å²) in [7, 11) is 1.71. The molecule has 2 unspecified atom stereocenters. The van der Waals surface area contributed by atoms with Gasteiger partial charge in [-0.2, -0.15) is 0 Å². The van der Waals surface area contributed by atoms with Gasteiger partial charge in [0.05, 0.1) is 19.3 Å². The third-order valence-electron chi connectivity index (χ3n) is 4.22. The number of nitrogens with one attached hydrogen (secondary N) is 1. The molecular formula is C16H25BrN2O2. The molecular weight excluding hydrogens is 332 g/mol. The van der Waals surface area contributed by atoms with Crippen LogP contribution in [0, 0.1) is 5.92 Å². The number of methoxy groups -OCH3 is 1. The van der Waals surface area contributed by atoms with Crippen molar-refractivity contribution in [2.45, 2.75) is 25.9 Å². The summed E-state index contributed by atoms with van der Waals surface area (Å²) in [6.45, 7) is 5.80. The van der Waals surface area contributed by atoms with Crippen LogP contribution in [0.25, 0.3) is 0 Å². The number of halogens is 1. The average molecular weight is 357 g/mol. The summed E-state index contributed by atoms with van der Waals surface area (Å²) < 4.78 is 6.15. The van der Waals surface area contributed by atoms with Crippen molar-refractivity contribution < 1.29 is 9.84 Å². The van der Waals surface area contributed by atoms with Crippen LogP contribution in [0.1, 0.15) is 18.9 Å². The predicted molar refractivity (Wildman–Crippen MR) is 89.7 cm³/mol. The molecule has 5 heteroatoms. The molecule has 2 N–H and O–H groups in total. The van der Waals surface area contributed by atoms with Crippen molar-refractivity contribution in [2.24, 2.45) is 5.92 Å². The van der Waals surface area contributed by atoms with Crippen molar-refractivity contribution in [2.75, 3.05) is 38.3 Å². The molecule has 1 saturated heterocycles. The summed E-state index contributed by atoms with van der Waals surface area (Å²) in [5.74, 6) is 0.535. The molecule has 1 fully saturated rings. The number of hydrogen-bond acceptors (Lipinski definition) is 4. The number of anilines is 1. The molecule has 0 aromatic heterocycles. The molecule has 0 bridgehead atoms. The van der Waals surface area contributed by atoms with Crippen LogP contribution in [0.15, 0.2) is 22.7 Å². The molecule has 1 aliphatic rings. The summed E-state index contributed by atoms with van der Waals surface area (Å²) in [6.07, 6.45) is 1.14. The fraction of sp³-hybridized carbons (Fsp3) is 0.625. The zero-order valence-electron chi connectivity index (χ0n) is 12.8. The van der Waals surface area contributed by atoms with Crippen LogP contribution in [0.3, 0.4) is 0 Å². The molecule has 0 spiro atoms. The minimum atomic E-state index is 0.216. The lowest BCUT2D eigenvalue weighted by molar-refractivity contribution is 0.199. The summed E-state index contributed by atoms with van der Waals surface area (Å²) in [4.78, 5) is 2.35. The highest BCUT2D eigenvalue weighted by molar-refractivity contribution is 9.10. The van der Waals surface area contributed by atoms with Gasteiger partial charge < -0.3 is 20.1 Å². The van der Waals surface area contributed by atoms with Gasteiger partial charge in [-0.25, -0.2) is 0 Å². The molecule has 2 atom stereocenters. The Kier molecular flexibility index (Phi) is 6.48. The first-order chi connectivity index (χ1) is 10.2. The number of aliphatic hydroxyl groups excluding tert-OH is 1. The zero-order chi connectivity index (χ0) is 15.2. The van der Waals surface area contributed by atoms with E-state index in [0.29, 0.717) is 12.5 Å². The van der Waals surface area contributed by atoms with E-state index in [-0.39, 0.29) is 12.6 Å². The summed E-state index contributed by atoms with van der Waals surface area (Å²) in [6, 6.07) is 6.61. The van der Waals surface area contributed by atoms with Crippen molar-refractivity contribution in [3.8, 4) is 0 Å². The lowest BCUT2D eigenvalue weighted by atomic mass is 10.0. The number of nitrogens with zero attached hydrogens (tertiary/aromatic N) is 1. The fourth-order valence-electron chi connectivity index (χ4n) is 2.96. The Balaban J connectivity index is 2.14. The van der Waals surface area contributed by atoms with E-state index in [1.54, 1.807) is 7.11 Å². The van der Waals surface area contributed by atoms with Gasteiger partial charge in [0, 0.05) is 36.9 Å². The molecule has 1 aromatic rings. The molecule has 1 aromatic carbocycles. The Bertz CT molecular complexity index is 456. The molecule has 1 aliphatic heterocycles. The van der Waals surface area contributed by atoms with E-state index in [1.807, 2.05) is 0 Å². The van der Waals surface area contributed by atoms with Gasteiger partial charge in [-0.1, -0.05) is 22.9 Å². The van der Waals surface area contributed by atoms with Gasteiger partial charge in [-0.05, 0) is 36.1 Å². The molecule has 2 rings (SSSR count). The van der Waals surface area contributed by atoms with Gasteiger partial charge in [0.25, 0.3) is 0 Å². The van der Waals surface area contributed by atoms with Crippen molar-refractivity contribution >= 4 is 21.6 Å². The van der Waals surface area contributed by atoms with Crippen LogP contribution >= 0.6 is 15.9 Å². The number of rotatable bonds is 7. The van der Waals surface area contributed by atoms with E-state index in [0.717, 1.165) is 30.5 Å². The first-order valence-corrected chi connectivity index (χ1v) is 8.32. The Morgan fingerprint density at radius 2 is 2.29 bits per heavy atom. The summed E-state index contributed by atoms with van der Waals surface area (Å²) in [5, 5.41) is 13.1. The highest BCUT2D eigenvalue weighted by Crippen LogP contribution is 2.33. The van der Waals surface area contributed by atoms with E-state index >= 15 is 0 Å². The minimum Gasteiger partial charge on any atom is -0.394 e. The molecule has 118 valence electrons. The second-order valence-electron chi connectivity index (χ2n) is 5.65.